The standard InChI is InChI=1S/C18H18N6OS/c1-10-15-11(2)20-12(3)21-18(15)26-16(10)17(25)19-8-7-14-23-22-13-6-4-5-9-24(13)14/h4-6,9H,7-8H2,1-3H3,(H,19,25). The van der Waals surface area contributed by atoms with Gasteiger partial charge < -0.3 is 5.32 Å². The van der Waals surface area contributed by atoms with E-state index in [0.29, 0.717) is 17.8 Å². The fourth-order valence-corrected chi connectivity index (χ4v) is 4.31. The Morgan fingerprint density at radius 2 is 2.04 bits per heavy atom. The lowest BCUT2D eigenvalue weighted by molar-refractivity contribution is 0.0957. The molecule has 132 valence electrons. The summed E-state index contributed by atoms with van der Waals surface area (Å²) >= 11 is 1.41. The molecule has 0 bridgehead atoms. The molecule has 4 rings (SSSR count). The number of aromatic nitrogens is 5. The highest BCUT2D eigenvalue weighted by atomic mass is 32.1. The molecule has 8 heteroatoms. The molecule has 0 aliphatic carbocycles. The minimum atomic E-state index is -0.0867. The van der Waals surface area contributed by atoms with Crippen LogP contribution in [0.3, 0.4) is 0 Å². The van der Waals surface area contributed by atoms with E-state index < -0.39 is 0 Å². The summed E-state index contributed by atoms with van der Waals surface area (Å²) < 4.78 is 1.93. The van der Waals surface area contributed by atoms with Crippen LogP contribution in [0.4, 0.5) is 0 Å². The first kappa shape index (κ1) is 16.6. The Hall–Kier alpha value is -2.87. The van der Waals surface area contributed by atoms with E-state index in [0.717, 1.165) is 38.8 Å². The first-order valence-corrected chi connectivity index (χ1v) is 9.17. The van der Waals surface area contributed by atoms with Gasteiger partial charge in [-0.25, -0.2) is 9.97 Å². The minimum absolute atomic E-state index is 0.0867. The SMILES string of the molecule is Cc1nc(C)c2c(C)c(C(=O)NCCc3nnc4ccccn34)sc2n1. The van der Waals surface area contributed by atoms with Crippen LogP contribution in [-0.2, 0) is 6.42 Å². The van der Waals surface area contributed by atoms with E-state index in [9.17, 15) is 4.79 Å². The summed E-state index contributed by atoms with van der Waals surface area (Å²) in [6, 6.07) is 5.76. The summed E-state index contributed by atoms with van der Waals surface area (Å²) in [7, 11) is 0. The van der Waals surface area contributed by atoms with Crippen molar-refractivity contribution in [2.24, 2.45) is 0 Å². The lowest BCUT2D eigenvalue weighted by Gasteiger charge is -2.04. The molecule has 0 fully saturated rings. The molecule has 4 aromatic heterocycles. The number of nitrogens with zero attached hydrogens (tertiary/aromatic N) is 5. The van der Waals surface area contributed by atoms with Crippen LogP contribution in [0, 0.1) is 20.8 Å². The Bertz CT molecular complexity index is 1130. The van der Waals surface area contributed by atoms with Crippen molar-refractivity contribution in [1.29, 1.82) is 0 Å². The molecule has 0 saturated carbocycles. The van der Waals surface area contributed by atoms with Crippen molar-refractivity contribution in [2.45, 2.75) is 27.2 Å². The van der Waals surface area contributed by atoms with Crippen LogP contribution in [0.1, 0.15) is 32.6 Å². The zero-order valence-corrected chi connectivity index (χ0v) is 15.6. The fourth-order valence-electron chi connectivity index (χ4n) is 3.12. The highest BCUT2D eigenvalue weighted by molar-refractivity contribution is 7.20. The van der Waals surface area contributed by atoms with Crippen molar-refractivity contribution in [3.05, 3.63) is 52.2 Å². The molecule has 4 aromatic rings. The quantitative estimate of drug-likeness (QED) is 0.600. The molecule has 4 heterocycles. The van der Waals surface area contributed by atoms with Gasteiger partial charge in [0, 0.05) is 30.2 Å². The number of hydrogen-bond donors (Lipinski definition) is 1. The van der Waals surface area contributed by atoms with Gasteiger partial charge in [-0.1, -0.05) is 6.07 Å². The third kappa shape index (κ3) is 2.82. The zero-order valence-electron chi connectivity index (χ0n) is 14.8. The summed E-state index contributed by atoms with van der Waals surface area (Å²) in [5, 5.41) is 12.3. The van der Waals surface area contributed by atoms with Gasteiger partial charge in [-0.15, -0.1) is 21.5 Å². The predicted octanol–water partition coefficient (Wildman–Crippen LogP) is 2.63. The highest BCUT2D eigenvalue weighted by Crippen LogP contribution is 2.31. The van der Waals surface area contributed by atoms with E-state index in [-0.39, 0.29) is 5.91 Å². The second-order valence-corrected chi connectivity index (χ2v) is 7.14. The van der Waals surface area contributed by atoms with Crippen molar-refractivity contribution in [2.75, 3.05) is 6.54 Å². The van der Waals surface area contributed by atoms with Gasteiger partial charge in [0.25, 0.3) is 5.91 Å². The normalized spacial score (nSPS) is 11.3. The fraction of sp³-hybridized carbons (Fsp3) is 0.278. The lowest BCUT2D eigenvalue weighted by Crippen LogP contribution is -2.26. The Balaban J connectivity index is 1.51. The Kier molecular flexibility index (Phi) is 4.12. The summed E-state index contributed by atoms with van der Waals surface area (Å²) in [5.41, 5.74) is 2.65. The van der Waals surface area contributed by atoms with Gasteiger partial charge in [0.1, 0.15) is 16.5 Å². The molecular weight excluding hydrogens is 348 g/mol. The molecule has 0 unspecified atom stereocenters. The van der Waals surface area contributed by atoms with Crippen molar-refractivity contribution in [1.82, 2.24) is 29.9 Å². The van der Waals surface area contributed by atoms with Crippen LogP contribution in [0.5, 0.6) is 0 Å². The Morgan fingerprint density at radius 1 is 1.19 bits per heavy atom. The summed E-state index contributed by atoms with van der Waals surface area (Å²) in [6.07, 6.45) is 2.53. The average molecular weight is 366 g/mol. The highest BCUT2D eigenvalue weighted by Gasteiger charge is 2.18. The molecule has 0 radical (unpaired) electrons. The minimum Gasteiger partial charge on any atom is -0.351 e. The molecule has 0 aliphatic rings. The van der Waals surface area contributed by atoms with E-state index in [1.165, 1.54) is 11.3 Å². The second kappa shape index (κ2) is 6.45. The van der Waals surface area contributed by atoms with E-state index in [2.05, 4.69) is 25.5 Å². The van der Waals surface area contributed by atoms with Gasteiger partial charge in [-0.05, 0) is 38.5 Å². The maximum absolute atomic E-state index is 12.6. The van der Waals surface area contributed by atoms with Crippen molar-refractivity contribution < 1.29 is 4.79 Å². The second-order valence-electron chi connectivity index (χ2n) is 6.14. The summed E-state index contributed by atoms with van der Waals surface area (Å²) in [6.45, 7) is 6.26. The van der Waals surface area contributed by atoms with E-state index in [1.807, 2.05) is 49.6 Å². The number of thiophene rings is 1. The number of nitrogens with one attached hydrogen (secondary N) is 1. The molecule has 0 aromatic carbocycles. The van der Waals surface area contributed by atoms with Crippen LogP contribution in [-0.4, -0.2) is 37.0 Å². The molecule has 0 saturated heterocycles. The zero-order chi connectivity index (χ0) is 18.3. The topological polar surface area (TPSA) is 85.1 Å². The number of carbonyl (C=O) groups is 1. The number of amides is 1. The maximum atomic E-state index is 12.6. The van der Waals surface area contributed by atoms with Crippen LogP contribution in [0.15, 0.2) is 24.4 Å². The summed E-state index contributed by atoms with van der Waals surface area (Å²) in [5.74, 6) is 1.46. The summed E-state index contributed by atoms with van der Waals surface area (Å²) in [4.78, 5) is 23.1. The molecule has 1 N–H and O–H groups in total. The number of aryl methyl sites for hydroxylation is 3. The molecule has 0 aliphatic heterocycles. The third-order valence-electron chi connectivity index (χ3n) is 4.31. The Labute approximate surface area is 154 Å². The number of hydrogen-bond acceptors (Lipinski definition) is 6. The van der Waals surface area contributed by atoms with Crippen molar-refractivity contribution >= 4 is 33.1 Å². The van der Waals surface area contributed by atoms with Crippen molar-refractivity contribution in [3.63, 3.8) is 0 Å². The van der Waals surface area contributed by atoms with Gasteiger partial charge in [0.05, 0.1) is 4.88 Å². The molecular formula is C18H18N6OS. The van der Waals surface area contributed by atoms with Crippen LogP contribution in [0.25, 0.3) is 15.9 Å². The smallest absolute Gasteiger partial charge is 0.261 e. The third-order valence-corrected chi connectivity index (χ3v) is 5.49. The van der Waals surface area contributed by atoms with Gasteiger partial charge in [0.15, 0.2) is 5.65 Å². The van der Waals surface area contributed by atoms with E-state index in [1.54, 1.807) is 0 Å². The first-order chi connectivity index (χ1) is 12.5. The van der Waals surface area contributed by atoms with Crippen LogP contribution >= 0.6 is 11.3 Å². The predicted molar refractivity (Wildman–Crippen MR) is 101 cm³/mol. The Morgan fingerprint density at radius 3 is 2.88 bits per heavy atom. The van der Waals surface area contributed by atoms with Gasteiger partial charge >= 0.3 is 0 Å². The molecule has 7 nitrogen and oxygen atoms in total. The number of fused-ring (bicyclic) bond motifs is 2. The molecule has 1 amide bonds. The van der Waals surface area contributed by atoms with Crippen molar-refractivity contribution in [3.8, 4) is 0 Å². The molecule has 0 spiro atoms. The maximum Gasteiger partial charge on any atom is 0.261 e. The molecule has 0 atom stereocenters. The number of pyridine rings is 1. The lowest BCUT2D eigenvalue weighted by atomic mass is 10.1. The van der Waals surface area contributed by atoms with E-state index in [4.69, 9.17) is 0 Å². The largest absolute Gasteiger partial charge is 0.351 e. The number of carbonyl (C=O) groups excluding carboxylic acids is 1. The van der Waals surface area contributed by atoms with Gasteiger partial charge in [-0.2, -0.15) is 0 Å². The first-order valence-electron chi connectivity index (χ1n) is 8.36. The van der Waals surface area contributed by atoms with Gasteiger partial charge in [0.2, 0.25) is 0 Å². The monoisotopic (exact) mass is 366 g/mol. The van der Waals surface area contributed by atoms with Crippen LogP contribution in [0.2, 0.25) is 0 Å². The average Bonchev–Trinajstić information content (AvgIpc) is 3.16. The number of rotatable bonds is 4. The van der Waals surface area contributed by atoms with E-state index >= 15 is 0 Å². The van der Waals surface area contributed by atoms with Gasteiger partial charge in [-0.3, -0.25) is 9.20 Å². The van der Waals surface area contributed by atoms with Crippen LogP contribution < -0.4 is 5.32 Å². The molecule has 26 heavy (non-hydrogen) atoms.